The maximum absolute atomic E-state index is 11.4. The molecule has 14 heavy (non-hydrogen) atoms. The number of hydrogen-bond donors (Lipinski definition) is 2. The Bertz CT molecular complexity index is 373. The molecule has 0 saturated carbocycles. The summed E-state index contributed by atoms with van der Waals surface area (Å²) in [6, 6.07) is 1.33. The van der Waals surface area contributed by atoms with E-state index in [1.807, 2.05) is 6.92 Å². The largest absolute Gasteiger partial charge is 0.367 e. The van der Waals surface area contributed by atoms with Gasteiger partial charge in [0, 0.05) is 29.8 Å². The van der Waals surface area contributed by atoms with Crippen LogP contribution in [0.2, 0.25) is 0 Å². The highest BCUT2D eigenvalue weighted by Crippen LogP contribution is 1.95. The first-order valence-electron chi connectivity index (χ1n) is 4.20. The van der Waals surface area contributed by atoms with Gasteiger partial charge in [0.2, 0.25) is 0 Å². The van der Waals surface area contributed by atoms with Gasteiger partial charge in [0.25, 0.3) is 5.91 Å². The van der Waals surface area contributed by atoms with E-state index in [0.717, 1.165) is 0 Å². The number of hydrogen-bond acceptors (Lipinski definition) is 2. The zero-order chi connectivity index (χ0) is 10.6. The van der Waals surface area contributed by atoms with Gasteiger partial charge in [-0.2, -0.15) is 0 Å². The fraction of sp³-hybridized carbons (Fsp3) is 0.333. The summed E-state index contributed by atoms with van der Waals surface area (Å²) in [5.41, 5.74) is -0.135. The van der Waals surface area contributed by atoms with Crippen LogP contribution in [-0.2, 0) is 0 Å². The van der Waals surface area contributed by atoms with Gasteiger partial charge in [-0.05, 0) is 0 Å². The second-order valence-corrected chi connectivity index (χ2v) is 4.48. The third-order valence-corrected chi connectivity index (χ3v) is 1.94. The standard InChI is InChI=1S/C9H11BrN2O2/c1-6(10)4-12-9(14)7-5-11-3-2-8(7)13/h2-3,5-6H,4H2,1H3,(H,11,13)(H,12,14). The first-order valence-corrected chi connectivity index (χ1v) is 5.12. The number of rotatable bonds is 3. The highest BCUT2D eigenvalue weighted by molar-refractivity contribution is 9.09. The molecule has 5 heteroatoms. The van der Waals surface area contributed by atoms with E-state index in [-0.39, 0.29) is 21.7 Å². The summed E-state index contributed by atoms with van der Waals surface area (Å²) in [7, 11) is 0. The number of alkyl halides is 1. The molecule has 1 rings (SSSR count). The molecule has 0 aliphatic rings. The number of aromatic nitrogens is 1. The van der Waals surface area contributed by atoms with E-state index in [1.54, 1.807) is 0 Å². The molecule has 1 heterocycles. The molecule has 1 atom stereocenters. The molecule has 0 aliphatic carbocycles. The molecule has 1 aromatic rings. The Hall–Kier alpha value is -1.10. The van der Waals surface area contributed by atoms with Crippen molar-refractivity contribution in [1.82, 2.24) is 10.3 Å². The van der Waals surface area contributed by atoms with Crippen LogP contribution in [0, 0.1) is 0 Å². The molecule has 1 aromatic heterocycles. The van der Waals surface area contributed by atoms with Crippen molar-refractivity contribution in [1.29, 1.82) is 0 Å². The smallest absolute Gasteiger partial charge is 0.256 e. The number of halogens is 1. The van der Waals surface area contributed by atoms with Crippen molar-refractivity contribution < 1.29 is 4.79 Å². The van der Waals surface area contributed by atoms with Gasteiger partial charge < -0.3 is 10.3 Å². The molecule has 0 bridgehead atoms. The van der Waals surface area contributed by atoms with Crippen molar-refractivity contribution in [3.05, 3.63) is 34.2 Å². The predicted molar refractivity (Wildman–Crippen MR) is 57.8 cm³/mol. The van der Waals surface area contributed by atoms with Gasteiger partial charge in [-0.15, -0.1) is 0 Å². The lowest BCUT2D eigenvalue weighted by atomic mass is 10.2. The first kappa shape index (κ1) is 11.0. The summed E-state index contributed by atoms with van der Waals surface area (Å²) in [6.45, 7) is 2.41. The lowest BCUT2D eigenvalue weighted by Crippen LogP contribution is -2.31. The summed E-state index contributed by atoms with van der Waals surface area (Å²) in [4.78, 5) is 25.5. The van der Waals surface area contributed by atoms with Crippen LogP contribution < -0.4 is 10.7 Å². The minimum atomic E-state index is -0.349. The van der Waals surface area contributed by atoms with Crippen LogP contribution in [0.3, 0.4) is 0 Å². The van der Waals surface area contributed by atoms with Crippen molar-refractivity contribution in [2.75, 3.05) is 6.54 Å². The minimum Gasteiger partial charge on any atom is -0.367 e. The molecule has 76 valence electrons. The summed E-state index contributed by atoms with van der Waals surface area (Å²) < 4.78 is 0. The maximum Gasteiger partial charge on any atom is 0.256 e. The number of pyridine rings is 1. The molecular formula is C9H11BrN2O2. The van der Waals surface area contributed by atoms with Crippen LogP contribution in [0.4, 0.5) is 0 Å². The zero-order valence-electron chi connectivity index (χ0n) is 7.71. The summed E-state index contributed by atoms with van der Waals surface area (Å²) >= 11 is 3.29. The second kappa shape index (κ2) is 4.95. The van der Waals surface area contributed by atoms with Crippen LogP contribution in [0.1, 0.15) is 17.3 Å². The monoisotopic (exact) mass is 258 g/mol. The average Bonchev–Trinajstić information content (AvgIpc) is 2.15. The van der Waals surface area contributed by atoms with Gasteiger partial charge >= 0.3 is 0 Å². The summed E-state index contributed by atoms with van der Waals surface area (Å²) in [6.07, 6.45) is 2.89. The number of aromatic amines is 1. The number of amides is 1. The third kappa shape index (κ3) is 2.99. The number of H-pyrrole nitrogens is 1. The van der Waals surface area contributed by atoms with E-state index >= 15 is 0 Å². The van der Waals surface area contributed by atoms with Crippen LogP contribution >= 0.6 is 15.9 Å². The molecule has 1 amide bonds. The van der Waals surface area contributed by atoms with Crippen LogP contribution in [0.25, 0.3) is 0 Å². The van der Waals surface area contributed by atoms with Gasteiger partial charge in [0.1, 0.15) is 5.56 Å². The quantitative estimate of drug-likeness (QED) is 0.792. The Labute approximate surface area is 89.9 Å². The first-order chi connectivity index (χ1) is 6.61. The molecular weight excluding hydrogens is 248 g/mol. The average molecular weight is 259 g/mol. The molecule has 0 aromatic carbocycles. The molecule has 4 nitrogen and oxygen atoms in total. The van der Waals surface area contributed by atoms with Gasteiger partial charge in [-0.1, -0.05) is 22.9 Å². The number of carbonyl (C=O) groups excluding carboxylic acids is 1. The van der Waals surface area contributed by atoms with Crippen LogP contribution in [-0.4, -0.2) is 22.3 Å². The summed E-state index contributed by atoms with van der Waals surface area (Å²) in [5.74, 6) is -0.349. The van der Waals surface area contributed by atoms with Crippen LogP contribution in [0.5, 0.6) is 0 Å². The van der Waals surface area contributed by atoms with E-state index in [2.05, 4.69) is 26.2 Å². The number of carbonyl (C=O) groups is 1. The molecule has 0 fully saturated rings. The SMILES string of the molecule is CC(Br)CNC(=O)c1c[nH]ccc1=O. The van der Waals surface area contributed by atoms with Crippen molar-refractivity contribution >= 4 is 21.8 Å². The fourth-order valence-corrected chi connectivity index (χ4v) is 1.08. The normalized spacial score (nSPS) is 12.1. The van der Waals surface area contributed by atoms with Gasteiger partial charge in [-0.3, -0.25) is 9.59 Å². The van der Waals surface area contributed by atoms with Crippen molar-refractivity contribution in [2.24, 2.45) is 0 Å². The highest BCUT2D eigenvalue weighted by Gasteiger charge is 2.09. The van der Waals surface area contributed by atoms with Gasteiger partial charge in [0.15, 0.2) is 5.43 Å². The van der Waals surface area contributed by atoms with E-state index in [9.17, 15) is 9.59 Å². The maximum atomic E-state index is 11.4. The van der Waals surface area contributed by atoms with Crippen molar-refractivity contribution in [3.63, 3.8) is 0 Å². The van der Waals surface area contributed by atoms with E-state index in [4.69, 9.17) is 0 Å². The lowest BCUT2D eigenvalue weighted by molar-refractivity contribution is 0.0953. The zero-order valence-corrected chi connectivity index (χ0v) is 9.30. The number of nitrogens with one attached hydrogen (secondary N) is 2. The molecule has 0 radical (unpaired) electrons. The molecule has 2 N–H and O–H groups in total. The molecule has 1 unspecified atom stereocenters. The Morgan fingerprint density at radius 2 is 2.43 bits per heavy atom. The highest BCUT2D eigenvalue weighted by atomic mass is 79.9. The topological polar surface area (TPSA) is 62.0 Å². The van der Waals surface area contributed by atoms with E-state index < -0.39 is 0 Å². The predicted octanol–water partition coefficient (Wildman–Crippen LogP) is 0.888. The van der Waals surface area contributed by atoms with E-state index in [0.29, 0.717) is 6.54 Å². The fourth-order valence-electron chi connectivity index (χ4n) is 0.922. The Morgan fingerprint density at radius 1 is 1.71 bits per heavy atom. The van der Waals surface area contributed by atoms with Gasteiger partial charge in [-0.25, -0.2) is 0 Å². The lowest BCUT2D eigenvalue weighted by Gasteiger charge is -2.05. The molecule has 0 saturated heterocycles. The third-order valence-electron chi connectivity index (χ3n) is 1.61. The molecule has 0 spiro atoms. The second-order valence-electron chi connectivity index (χ2n) is 2.91. The Kier molecular flexibility index (Phi) is 3.88. The van der Waals surface area contributed by atoms with Crippen molar-refractivity contribution in [2.45, 2.75) is 11.8 Å². The minimum absolute atomic E-state index is 0.139. The summed E-state index contributed by atoms with van der Waals surface area (Å²) in [5, 5.41) is 2.63. The molecule has 0 aliphatic heterocycles. The Balaban J connectivity index is 2.71. The van der Waals surface area contributed by atoms with Crippen molar-refractivity contribution in [3.8, 4) is 0 Å². The van der Waals surface area contributed by atoms with Crippen LogP contribution in [0.15, 0.2) is 23.3 Å². The van der Waals surface area contributed by atoms with E-state index in [1.165, 1.54) is 18.5 Å². The van der Waals surface area contributed by atoms with Gasteiger partial charge in [0.05, 0.1) is 0 Å². The Morgan fingerprint density at radius 3 is 3.00 bits per heavy atom.